The molecule has 2 rings (SSSR count). The van der Waals surface area contributed by atoms with E-state index in [1.54, 1.807) is 7.11 Å². The summed E-state index contributed by atoms with van der Waals surface area (Å²) in [5.41, 5.74) is 1.24. The van der Waals surface area contributed by atoms with Gasteiger partial charge in [0.2, 0.25) is 0 Å². The summed E-state index contributed by atoms with van der Waals surface area (Å²) in [6.07, 6.45) is 2.61. The number of benzene rings is 2. The van der Waals surface area contributed by atoms with Gasteiger partial charge in [-0.25, -0.2) is 0 Å². The van der Waals surface area contributed by atoms with Crippen LogP contribution in [0.5, 0.6) is 11.5 Å². The molecule has 0 aliphatic carbocycles. The minimum atomic E-state index is -0.0317. The molecule has 0 saturated carbocycles. The smallest absolute Gasteiger partial charge is 0.121 e. The second-order valence-electron chi connectivity index (χ2n) is 4.26. The highest BCUT2D eigenvalue weighted by Crippen LogP contribution is 2.19. The molecule has 1 unspecified atom stereocenters. The first-order valence-corrected chi connectivity index (χ1v) is 6.29. The van der Waals surface area contributed by atoms with Gasteiger partial charge in [0.15, 0.2) is 0 Å². The Morgan fingerprint density at radius 1 is 1.00 bits per heavy atom. The standard InChI is InChI=1S/C17H18O2/c1-3-15(13-14-7-5-4-6-8-14)19-17-11-9-16(18-2)10-12-17/h3-12,15H,1,13H2,2H3. The summed E-state index contributed by atoms with van der Waals surface area (Å²) in [6, 6.07) is 17.8. The quantitative estimate of drug-likeness (QED) is 0.728. The Hall–Kier alpha value is -2.22. The highest BCUT2D eigenvalue weighted by Gasteiger charge is 2.07. The van der Waals surface area contributed by atoms with Crippen molar-refractivity contribution in [1.29, 1.82) is 0 Å². The van der Waals surface area contributed by atoms with E-state index in [4.69, 9.17) is 9.47 Å². The lowest BCUT2D eigenvalue weighted by Gasteiger charge is -2.15. The summed E-state index contributed by atoms with van der Waals surface area (Å²) in [4.78, 5) is 0. The number of hydrogen-bond acceptors (Lipinski definition) is 2. The van der Waals surface area contributed by atoms with E-state index in [-0.39, 0.29) is 6.10 Å². The molecule has 98 valence electrons. The summed E-state index contributed by atoms with van der Waals surface area (Å²) in [5, 5.41) is 0. The Morgan fingerprint density at radius 3 is 2.21 bits per heavy atom. The van der Waals surface area contributed by atoms with Crippen LogP contribution in [0.1, 0.15) is 5.56 Å². The van der Waals surface area contributed by atoms with Crippen molar-refractivity contribution in [2.45, 2.75) is 12.5 Å². The van der Waals surface area contributed by atoms with Crippen molar-refractivity contribution in [2.24, 2.45) is 0 Å². The van der Waals surface area contributed by atoms with Gasteiger partial charge < -0.3 is 9.47 Å². The third kappa shape index (κ3) is 3.88. The van der Waals surface area contributed by atoms with E-state index in [0.717, 1.165) is 17.9 Å². The van der Waals surface area contributed by atoms with Crippen molar-refractivity contribution in [2.75, 3.05) is 7.11 Å². The average molecular weight is 254 g/mol. The van der Waals surface area contributed by atoms with E-state index in [0.29, 0.717) is 0 Å². The van der Waals surface area contributed by atoms with Crippen LogP contribution in [0, 0.1) is 0 Å². The minimum absolute atomic E-state index is 0.0317. The van der Waals surface area contributed by atoms with Crippen molar-refractivity contribution in [1.82, 2.24) is 0 Å². The molecule has 1 atom stereocenters. The van der Waals surface area contributed by atoms with Gasteiger partial charge in [-0.1, -0.05) is 43.0 Å². The molecule has 0 amide bonds. The van der Waals surface area contributed by atoms with Crippen LogP contribution < -0.4 is 9.47 Å². The van der Waals surface area contributed by atoms with Crippen LogP contribution in [0.4, 0.5) is 0 Å². The maximum atomic E-state index is 5.89. The zero-order valence-electron chi connectivity index (χ0n) is 11.1. The SMILES string of the molecule is C=CC(Cc1ccccc1)Oc1ccc(OC)cc1. The Balaban J connectivity index is 2.00. The van der Waals surface area contributed by atoms with Crippen LogP contribution >= 0.6 is 0 Å². The Labute approximate surface area is 114 Å². The van der Waals surface area contributed by atoms with Gasteiger partial charge in [-0.3, -0.25) is 0 Å². The normalized spacial score (nSPS) is 11.6. The molecule has 0 N–H and O–H groups in total. The molecule has 0 radical (unpaired) electrons. The Kier molecular flexibility index (Phi) is 4.62. The van der Waals surface area contributed by atoms with Crippen LogP contribution in [0.3, 0.4) is 0 Å². The number of hydrogen-bond donors (Lipinski definition) is 0. The molecule has 0 fully saturated rings. The maximum Gasteiger partial charge on any atom is 0.121 e. The molecule has 2 nitrogen and oxygen atoms in total. The first kappa shape index (κ1) is 13.2. The summed E-state index contributed by atoms with van der Waals surface area (Å²) < 4.78 is 11.0. The molecule has 0 aliphatic rings. The first-order chi connectivity index (χ1) is 9.31. The predicted molar refractivity (Wildman–Crippen MR) is 77.8 cm³/mol. The van der Waals surface area contributed by atoms with Gasteiger partial charge in [0, 0.05) is 6.42 Å². The monoisotopic (exact) mass is 254 g/mol. The van der Waals surface area contributed by atoms with E-state index < -0.39 is 0 Å². The summed E-state index contributed by atoms with van der Waals surface area (Å²) >= 11 is 0. The fourth-order valence-electron chi connectivity index (χ4n) is 1.85. The third-order valence-corrected chi connectivity index (χ3v) is 2.89. The molecule has 0 heterocycles. The van der Waals surface area contributed by atoms with Crippen molar-refractivity contribution < 1.29 is 9.47 Å². The molecule has 2 heteroatoms. The van der Waals surface area contributed by atoms with Crippen LogP contribution in [-0.2, 0) is 6.42 Å². The van der Waals surface area contributed by atoms with E-state index in [2.05, 4.69) is 18.7 Å². The van der Waals surface area contributed by atoms with Crippen molar-refractivity contribution in [3.8, 4) is 11.5 Å². The lowest BCUT2D eigenvalue weighted by molar-refractivity contribution is 0.250. The Morgan fingerprint density at radius 2 is 1.63 bits per heavy atom. The molecule has 0 spiro atoms. The van der Waals surface area contributed by atoms with Gasteiger partial charge >= 0.3 is 0 Å². The van der Waals surface area contributed by atoms with Crippen molar-refractivity contribution >= 4 is 0 Å². The molecule has 2 aromatic carbocycles. The van der Waals surface area contributed by atoms with Gasteiger partial charge in [-0.05, 0) is 29.8 Å². The lowest BCUT2D eigenvalue weighted by atomic mass is 10.1. The van der Waals surface area contributed by atoms with Crippen molar-refractivity contribution in [3.05, 3.63) is 72.8 Å². The largest absolute Gasteiger partial charge is 0.497 e. The molecule has 0 bridgehead atoms. The predicted octanol–water partition coefficient (Wildman–Crippen LogP) is 3.87. The molecular formula is C17H18O2. The zero-order chi connectivity index (χ0) is 13.5. The third-order valence-electron chi connectivity index (χ3n) is 2.89. The minimum Gasteiger partial charge on any atom is -0.497 e. The van der Waals surface area contributed by atoms with Gasteiger partial charge in [0.25, 0.3) is 0 Å². The number of rotatable bonds is 6. The lowest BCUT2D eigenvalue weighted by Crippen LogP contribution is -2.16. The van der Waals surface area contributed by atoms with E-state index >= 15 is 0 Å². The molecule has 0 saturated heterocycles. The fraction of sp³-hybridized carbons (Fsp3) is 0.176. The highest BCUT2D eigenvalue weighted by atomic mass is 16.5. The molecule has 19 heavy (non-hydrogen) atoms. The van der Waals surface area contributed by atoms with Gasteiger partial charge in [0.05, 0.1) is 7.11 Å². The van der Waals surface area contributed by atoms with E-state index in [9.17, 15) is 0 Å². The van der Waals surface area contributed by atoms with Crippen LogP contribution in [0.2, 0.25) is 0 Å². The van der Waals surface area contributed by atoms with Crippen molar-refractivity contribution in [3.63, 3.8) is 0 Å². The molecular weight excluding hydrogens is 236 g/mol. The topological polar surface area (TPSA) is 18.5 Å². The Bertz CT molecular complexity index is 503. The summed E-state index contributed by atoms with van der Waals surface area (Å²) in [7, 11) is 1.65. The number of ether oxygens (including phenoxy) is 2. The molecule has 2 aromatic rings. The first-order valence-electron chi connectivity index (χ1n) is 6.29. The van der Waals surface area contributed by atoms with Crippen LogP contribution in [-0.4, -0.2) is 13.2 Å². The van der Waals surface area contributed by atoms with E-state index in [1.807, 2.05) is 48.5 Å². The summed E-state index contributed by atoms with van der Waals surface area (Å²) in [6.45, 7) is 3.84. The van der Waals surface area contributed by atoms with Gasteiger partial charge in [0.1, 0.15) is 17.6 Å². The van der Waals surface area contributed by atoms with E-state index in [1.165, 1.54) is 5.56 Å². The highest BCUT2D eigenvalue weighted by molar-refractivity contribution is 5.31. The van der Waals surface area contributed by atoms with Crippen LogP contribution in [0.15, 0.2) is 67.3 Å². The van der Waals surface area contributed by atoms with Crippen LogP contribution in [0.25, 0.3) is 0 Å². The second-order valence-corrected chi connectivity index (χ2v) is 4.26. The number of methoxy groups -OCH3 is 1. The molecule has 0 aliphatic heterocycles. The van der Waals surface area contributed by atoms with Gasteiger partial charge in [-0.15, -0.1) is 0 Å². The second kappa shape index (κ2) is 6.64. The summed E-state index contributed by atoms with van der Waals surface area (Å²) in [5.74, 6) is 1.65. The van der Waals surface area contributed by atoms with Gasteiger partial charge in [-0.2, -0.15) is 0 Å². The molecule has 0 aromatic heterocycles. The fourth-order valence-corrected chi connectivity index (χ4v) is 1.85. The zero-order valence-corrected chi connectivity index (χ0v) is 11.1. The maximum absolute atomic E-state index is 5.89. The average Bonchev–Trinajstić information content (AvgIpc) is 2.48.